The number of benzene rings is 1. The predicted octanol–water partition coefficient (Wildman–Crippen LogP) is 3.19. The predicted molar refractivity (Wildman–Crippen MR) is 107 cm³/mol. The lowest BCUT2D eigenvalue weighted by atomic mass is 9.77. The Labute approximate surface area is 163 Å². The van der Waals surface area contributed by atoms with Gasteiger partial charge in [0, 0.05) is 18.4 Å². The van der Waals surface area contributed by atoms with Gasteiger partial charge in [-0.15, -0.1) is 0 Å². The molecule has 0 aromatic heterocycles. The van der Waals surface area contributed by atoms with E-state index in [0.717, 1.165) is 0 Å². The quantitative estimate of drug-likeness (QED) is 0.554. The van der Waals surface area contributed by atoms with Crippen molar-refractivity contribution in [3.63, 3.8) is 0 Å². The van der Waals surface area contributed by atoms with Gasteiger partial charge < -0.3 is 18.1 Å². The summed E-state index contributed by atoms with van der Waals surface area (Å²) in [5.41, 5.74) is 9.75. The molecule has 0 atom stereocenters. The second kappa shape index (κ2) is 13.6. The molecule has 0 unspecified atom stereocenters. The summed E-state index contributed by atoms with van der Waals surface area (Å²) >= 11 is 0. The van der Waals surface area contributed by atoms with Gasteiger partial charge in [-0.05, 0) is 49.7 Å². The Balaban J connectivity index is 0.00000576. The Morgan fingerprint density at radius 3 is 1.80 bits per heavy atom. The van der Waals surface area contributed by atoms with Crippen LogP contribution in [-0.2, 0) is 18.4 Å². The van der Waals surface area contributed by atoms with Gasteiger partial charge in [-0.1, -0.05) is 71.6 Å². The van der Waals surface area contributed by atoms with E-state index in [1.807, 2.05) is 0 Å². The summed E-state index contributed by atoms with van der Waals surface area (Å²) in [5.74, 6) is 0. The number of quaternary nitrogens is 1. The van der Waals surface area contributed by atoms with Gasteiger partial charge >= 0.3 is 0 Å². The van der Waals surface area contributed by atoms with Gasteiger partial charge in [-0.2, -0.15) is 0 Å². The fourth-order valence-corrected chi connectivity index (χ4v) is 3.81. The molecule has 2 heteroatoms. The van der Waals surface area contributed by atoms with Gasteiger partial charge in [0.15, 0.2) is 0 Å². The third-order valence-corrected chi connectivity index (χ3v) is 5.44. The minimum Gasteiger partial charge on any atom is -1.00 e. The first-order chi connectivity index (χ1) is 11.6. The minimum absolute atomic E-state index is 0. The van der Waals surface area contributed by atoms with Crippen molar-refractivity contribution < 1.29 is 18.1 Å². The summed E-state index contributed by atoms with van der Waals surface area (Å²) in [6.45, 7) is 9.20. The highest BCUT2D eigenvalue weighted by molar-refractivity contribution is 5.39. The molecule has 0 aliphatic carbocycles. The van der Waals surface area contributed by atoms with Gasteiger partial charge in [-0.25, -0.2) is 0 Å². The second-order valence-electron chi connectivity index (χ2n) is 7.64. The van der Waals surface area contributed by atoms with Crippen molar-refractivity contribution in [1.29, 1.82) is 0 Å². The van der Waals surface area contributed by atoms with E-state index in [4.69, 9.17) is 5.73 Å². The molecule has 1 aromatic carbocycles. The fourth-order valence-electron chi connectivity index (χ4n) is 3.81. The summed E-state index contributed by atoms with van der Waals surface area (Å²) in [7, 11) is 0. The maximum absolute atomic E-state index is 4.80. The number of halogens is 1. The highest BCUT2D eigenvalue weighted by Crippen LogP contribution is 2.33. The van der Waals surface area contributed by atoms with E-state index in [9.17, 15) is 0 Å². The van der Waals surface area contributed by atoms with Crippen LogP contribution < -0.4 is 18.1 Å². The number of unbranched alkanes of at least 4 members (excludes halogenated alkanes) is 4. The van der Waals surface area contributed by atoms with Crippen LogP contribution in [0.25, 0.3) is 0 Å². The summed E-state index contributed by atoms with van der Waals surface area (Å²) in [5, 5.41) is 0. The highest BCUT2D eigenvalue weighted by atomic mass is 35.5. The van der Waals surface area contributed by atoms with Crippen LogP contribution in [0.1, 0.15) is 109 Å². The molecule has 3 N–H and O–H groups in total. The van der Waals surface area contributed by atoms with Gasteiger partial charge in [-0.3, -0.25) is 0 Å². The van der Waals surface area contributed by atoms with E-state index in [0.29, 0.717) is 0 Å². The molecule has 0 saturated heterocycles. The average Bonchev–Trinajstić information content (AvgIpc) is 2.61. The second-order valence-corrected chi connectivity index (χ2v) is 7.64. The van der Waals surface area contributed by atoms with Gasteiger partial charge in [0.05, 0.1) is 0 Å². The summed E-state index contributed by atoms with van der Waals surface area (Å²) < 4.78 is 0. The standard InChI is InChI=1S/C23H41N.ClH/c1-5-9-14-20-15-13-17-22(21(20)16-10-6-2)23(24,18-11-7-3)19-12-8-4;/h13,15,17H,5-12,14,16,18-19,24H2,1-4H3;1H. The maximum Gasteiger partial charge on any atom is 0.120 e. The topological polar surface area (TPSA) is 27.6 Å². The molecule has 0 fully saturated rings. The van der Waals surface area contributed by atoms with E-state index >= 15 is 0 Å². The normalized spacial score (nSPS) is 11.4. The molecule has 0 radical (unpaired) electrons. The van der Waals surface area contributed by atoms with Crippen LogP contribution in [0.3, 0.4) is 0 Å². The first-order valence-corrected chi connectivity index (χ1v) is 10.6. The maximum atomic E-state index is 4.80. The largest absolute Gasteiger partial charge is 1.00 e. The Bertz CT molecular complexity index is 447. The lowest BCUT2D eigenvalue weighted by Crippen LogP contribution is -3.00. The van der Waals surface area contributed by atoms with E-state index in [-0.39, 0.29) is 17.9 Å². The molecule has 25 heavy (non-hydrogen) atoms. The first-order valence-electron chi connectivity index (χ1n) is 10.6. The van der Waals surface area contributed by atoms with Crippen molar-refractivity contribution in [2.24, 2.45) is 0 Å². The molecule has 0 saturated carbocycles. The third kappa shape index (κ3) is 7.71. The zero-order valence-corrected chi connectivity index (χ0v) is 18.1. The van der Waals surface area contributed by atoms with Crippen LogP contribution in [0.15, 0.2) is 18.2 Å². The average molecular weight is 368 g/mol. The third-order valence-electron chi connectivity index (χ3n) is 5.44. The van der Waals surface area contributed by atoms with Crippen molar-refractivity contribution in [2.75, 3.05) is 0 Å². The zero-order valence-electron chi connectivity index (χ0n) is 17.3. The number of aryl methyl sites for hydroxylation is 1. The molecular formula is C23H42ClN. The Morgan fingerprint density at radius 2 is 1.28 bits per heavy atom. The van der Waals surface area contributed by atoms with Crippen molar-refractivity contribution >= 4 is 0 Å². The van der Waals surface area contributed by atoms with Crippen LogP contribution in [-0.4, -0.2) is 0 Å². The van der Waals surface area contributed by atoms with Crippen molar-refractivity contribution in [3.8, 4) is 0 Å². The number of hydrogen-bond donors (Lipinski definition) is 1. The van der Waals surface area contributed by atoms with Crippen molar-refractivity contribution in [3.05, 3.63) is 34.9 Å². The molecule has 1 nitrogen and oxygen atoms in total. The highest BCUT2D eigenvalue weighted by Gasteiger charge is 2.33. The molecule has 1 rings (SSSR count). The van der Waals surface area contributed by atoms with E-state index in [1.54, 1.807) is 16.7 Å². The van der Waals surface area contributed by atoms with Crippen LogP contribution in [0.2, 0.25) is 0 Å². The Hall–Kier alpha value is -0.530. The molecule has 1 aromatic rings. The molecule has 0 amide bonds. The van der Waals surface area contributed by atoms with Crippen LogP contribution in [0, 0.1) is 0 Å². The monoisotopic (exact) mass is 367 g/mol. The van der Waals surface area contributed by atoms with Crippen molar-refractivity contribution in [2.45, 2.75) is 110 Å². The summed E-state index contributed by atoms with van der Waals surface area (Å²) in [6.07, 6.45) is 15.2. The molecular weight excluding hydrogens is 326 g/mol. The van der Waals surface area contributed by atoms with E-state index in [2.05, 4.69) is 45.9 Å². The molecule has 0 heterocycles. The summed E-state index contributed by atoms with van der Waals surface area (Å²) in [6, 6.07) is 7.08. The van der Waals surface area contributed by atoms with Gasteiger partial charge in [0.2, 0.25) is 0 Å². The number of hydrogen-bond acceptors (Lipinski definition) is 0. The molecule has 0 bridgehead atoms. The molecule has 0 aliphatic heterocycles. The number of rotatable bonds is 13. The Morgan fingerprint density at radius 1 is 0.760 bits per heavy atom. The lowest BCUT2D eigenvalue weighted by molar-refractivity contribution is -0.492. The van der Waals surface area contributed by atoms with E-state index < -0.39 is 0 Å². The van der Waals surface area contributed by atoms with Crippen molar-refractivity contribution in [1.82, 2.24) is 0 Å². The fraction of sp³-hybridized carbons (Fsp3) is 0.739. The van der Waals surface area contributed by atoms with Gasteiger partial charge in [0.1, 0.15) is 5.54 Å². The minimum atomic E-state index is 0. The lowest BCUT2D eigenvalue weighted by Gasteiger charge is -2.30. The van der Waals surface area contributed by atoms with Crippen LogP contribution in [0.5, 0.6) is 0 Å². The molecule has 0 aliphatic rings. The van der Waals surface area contributed by atoms with Crippen LogP contribution >= 0.6 is 0 Å². The molecule has 0 spiro atoms. The van der Waals surface area contributed by atoms with Crippen LogP contribution in [0.4, 0.5) is 0 Å². The first kappa shape index (κ1) is 24.5. The smallest absolute Gasteiger partial charge is 0.120 e. The zero-order chi connectivity index (χ0) is 17.8. The van der Waals surface area contributed by atoms with E-state index in [1.165, 1.54) is 77.0 Å². The molecule has 146 valence electrons. The van der Waals surface area contributed by atoms with Gasteiger partial charge in [0.25, 0.3) is 0 Å². The Kier molecular flexibility index (Phi) is 13.4. The SMILES string of the molecule is CCCCc1cccc(C([NH3+])(CCCC)CCCC)c1CCCC.[Cl-]. The summed E-state index contributed by atoms with van der Waals surface area (Å²) in [4.78, 5) is 0.